The molecule has 2 atom stereocenters. The fraction of sp³-hybridized carbons (Fsp3) is 0.857. The average Bonchev–Trinajstić information content (AvgIpc) is 3.38. The Labute approximate surface area is 223 Å². The minimum absolute atomic E-state index is 0.0584. The summed E-state index contributed by atoms with van der Waals surface area (Å²) in [6.45, 7) is 14.6. The van der Waals surface area contributed by atoms with Crippen LogP contribution < -0.4 is 16.0 Å². The maximum atomic E-state index is 13.6. The summed E-state index contributed by atoms with van der Waals surface area (Å²) >= 11 is 0. The molecule has 212 valence electrons. The number of carbonyl (C=O) groups is 4. The van der Waals surface area contributed by atoms with E-state index in [1.807, 2.05) is 20.8 Å². The predicted molar refractivity (Wildman–Crippen MR) is 144 cm³/mol. The van der Waals surface area contributed by atoms with Gasteiger partial charge in [-0.15, -0.1) is 0 Å². The van der Waals surface area contributed by atoms with Crippen molar-refractivity contribution in [2.24, 2.45) is 5.41 Å². The molecule has 1 heterocycles. The van der Waals surface area contributed by atoms with Crippen molar-refractivity contribution in [3.8, 4) is 0 Å². The summed E-state index contributed by atoms with van der Waals surface area (Å²) < 4.78 is 5.40. The summed E-state index contributed by atoms with van der Waals surface area (Å²) in [5.74, 6) is -0.725. The van der Waals surface area contributed by atoms with Gasteiger partial charge in [-0.3, -0.25) is 14.4 Å². The van der Waals surface area contributed by atoms with Crippen molar-refractivity contribution in [3.05, 3.63) is 0 Å². The molecule has 2 fully saturated rings. The molecule has 9 nitrogen and oxygen atoms in total. The molecule has 1 aliphatic carbocycles. The van der Waals surface area contributed by atoms with Crippen LogP contribution in [-0.4, -0.2) is 65.0 Å². The molecule has 37 heavy (non-hydrogen) atoms. The van der Waals surface area contributed by atoms with E-state index in [0.29, 0.717) is 45.2 Å². The van der Waals surface area contributed by atoms with Crippen LogP contribution in [0, 0.1) is 5.41 Å². The first-order valence-electron chi connectivity index (χ1n) is 14.1. The van der Waals surface area contributed by atoms with Gasteiger partial charge in [-0.25, -0.2) is 4.79 Å². The van der Waals surface area contributed by atoms with Crippen LogP contribution in [0.5, 0.6) is 0 Å². The largest absolute Gasteiger partial charge is 0.444 e. The van der Waals surface area contributed by atoms with Crippen molar-refractivity contribution >= 4 is 23.8 Å². The van der Waals surface area contributed by atoms with E-state index < -0.39 is 29.3 Å². The first kappa shape index (κ1) is 30.9. The van der Waals surface area contributed by atoms with E-state index in [1.54, 1.807) is 25.7 Å². The molecule has 2 aliphatic rings. The Hall–Kier alpha value is -2.32. The van der Waals surface area contributed by atoms with E-state index in [-0.39, 0.29) is 23.1 Å². The molecule has 3 N–H and O–H groups in total. The quantitative estimate of drug-likeness (QED) is 0.335. The molecule has 0 radical (unpaired) electrons. The molecule has 0 bridgehead atoms. The summed E-state index contributed by atoms with van der Waals surface area (Å²) in [6.07, 6.45) is 7.39. The van der Waals surface area contributed by atoms with Crippen LogP contribution in [0.2, 0.25) is 0 Å². The molecule has 0 unspecified atom stereocenters. The summed E-state index contributed by atoms with van der Waals surface area (Å²) in [4.78, 5) is 53.8. The van der Waals surface area contributed by atoms with Crippen LogP contribution >= 0.6 is 0 Å². The Kier molecular flexibility index (Phi) is 10.8. The fourth-order valence-electron chi connectivity index (χ4n) is 4.53. The Balaban J connectivity index is 2.05. The lowest BCUT2D eigenvalue weighted by molar-refractivity contribution is -0.141. The van der Waals surface area contributed by atoms with Crippen molar-refractivity contribution < 1.29 is 23.9 Å². The molecule has 0 spiro atoms. The standard InChI is InChI=1S/C28H50N4O5/c1-8-9-10-11-12-14-20(30-25(36)37-27(5,6)7)23(34)32-18-13-15-21(32)22(33)31-28(16-17-28)24(35)29-19-26(2,3)4/h20-21H,8-19H2,1-7H3,(H,29,35)(H,30,36)(H,31,33)/t20-,21-/m0/s1. The molecule has 0 aromatic rings. The maximum Gasteiger partial charge on any atom is 0.408 e. The number of nitrogens with one attached hydrogen (secondary N) is 3. The zero-order chi connectivity index (χ0) is 27.9. The number of likely N-dealkylation sites (tertiary alicyclic amines) is 1. The third kappa shape index (κ3) is 10.2. The number of carbonyl (C=O) groups excluding carboxylic acids is 4. The lowest BCUT2D eigenvalue weighted by Crippen LogP contribution is -2.57. The van der Waals surface area contributed by atoms with Crippen LogP contribution in [-0.2, 0) is 19.1 Å². The number of alkyl carbamates (subject to hydrolysis) is 1. The van der Waals surface area contributed by atoms with Crippen molar-refractivity contribution in [1.82, 2.24) is 20.9 Å². The van der Waals surface area contributed by atoms with Gasteiger partial charge < -0.3 is 25.6 Å². The molecule has 0 aromatic carbocycles. The highest BCUT2D eigenvalue weighted by Crippen LogP contribution is 2.36. The Morgan fingerprint density at radius 3 is 2.22 bits per heavy atom. The van der Waals surface area contributed by atoms with Crippen LogP contribution in [0.1, 0.15) is 113 Å². The Bertz CT molecular complexity index is 810. The van der Waals surface area contributed by atoms with E-state index in [4.69, 9.17) is 4.74 Å². The van der Waals surface area contributed by atoms with Gasteiger partial charge in [0.25, 0.3) is 0 Å². The topological polar surface area (TPSA) is 117 Å². The van der Waals surface area contributed by atoms with Gasteiger partial charge >= 0.3 is 6.09 Å². The molecule has 4 amide bonds. The zero-order valence-corrected chi connectivity index (χ0v) is 24.1. The Morgan fingerprint density at radius 2 is 1.65 bits per heavy atom. The number of unbranched alkanes of at least 4 members (excludes halogenated alkanes) is 4. The number of hydrogen-bond acceptors (Lipinski definition) is 5. The van der Waals surface area contributed by atoms with E-state index >= 15 is 0 Å². The van der Waals surface area contributed by atoms with Crippen molar-refractivity contribution in [2.45, 2.75) is 136 Å². The van der Waals surface area contributed by atoms with Crippen LogP contribution in [0.4, 0.5) is 4.79 Å². The van der Waals surface area contributed by atoms with E-state index in [9.17, 15) is 19.2 Å². The van der Waals surface area contributed by atoms with Gasteiger partial charge in [0.15, 0.2) is 0 Å². The monoisotopic (exact) mass is 522 g/mol. The lowest BCUT2D eigenvalue weighted by Gasteiger charge is -2.30. The fourth-order valence-corrected chi connectivity index (χ4v) is 4.53. The van der Waals surface area contributed by atoms with Crippen LogP contribution in [0.25, 0.3) is 0 Å². The third-order valence-corrected chi connectivity index (χ3v) is 6.75. The molecular weight excluding hydrogens is 472 g/mol. The number of amides is 4. The van der Waals surface area contributed by atoms with E-state index in [0.717, 1.165) is 32.1 Å². The molecule has 1 saturated carbocycles. The first-order chi connectivity index (χ1) is 17.2. The second-order valence-corrected chi connectivity index (χ2v) is 12.9. The second kappa shape index (κ2) is 13.0. The van der Waals surface area contributed by atoms with Crippen molar-refractivity contribution in [1.29, 1.82) is 0 Å². The number of hydrogen-bond donors (Lipinski definition) is 3. The summed E-state index contributed by atoms with van der Waals surface area (Å²) in [5, 5.41) is 8.67. The van der Waals surface area contributed by atoms with Gasteiger partial charge in [0, 0.05) is 13.1 Å². The predicted octanol–water partition coefficient (Wildman–Crippen LogP) is 4.04. The van der Waals surface area contributed by atoms with Gasteiger partial charge in [0.05, 0.1) is 0 Å². The highest BCUT2D eigenvalue weighted by Gasteiger charge is 2.52. The van der Waals surface area contributed by atoms with Gasteiger partial charge in [0.2, 0.25) is 17.7 Å². The second-order valence-electron chi connectivity index (χ2n) is 12.9. The van der Waals surface area contributed by atoms with Gasteiger partial charge in [-0.05, 0) is 58.3 Å². The summed E-state index contributed by atoms with van der Waals surface area (Å²) in [6, 6.07) is -1.40. The Morgan fingerprint density at radius 1 is 1.00 bits per heavy atom. The molecule has 1 saturated heterocycles. The highest BCUT2D eigenvalue weighted by atomic mass is 16.6. The zero-order valence-electron chi connectivity index (χ0n) is 24.1. The number of rotatable bonds is 12. The van der Waals surface area contributed by atoms with Crippen molar-refractivity contribution in [2.75, 3.05) is 13.1 Å². The SMILES string of the molecule is CCCCCCC[C@H](NC(=O)OC(C)(C)C)C(=O)N1CCC[C@H]1C(=O)NC1(C(=O)NCC(C)(C)C)CC1. The summed E-state index contributed by atoms with van der Waals surface area (Å²) in [5.41, 5.74) is -1.62. The lowest BCUT2D eigenvalue weighted by atomic mass is 9.97. The van der Waals surface area contributed by atoms with E-state index in [1.165, 1.54) is 0 Å². The molecule has 0 aromatic heterocycles. The highest BCUT2D eigenvalue weighted by molar-refractivity contribution is 5.97. The van der Waals surface area contributed by atoms with Crippen LogP contribution in [0.15, 0.2) is 0 Å². The normalized spacial score (nSPS) is 19.6. The first-order valence-corrected chi connectivity index (χ1v) is 14.1. The average molecular weight is 523 g/mol. The number of nitrogens with zero attached hydrogens (tertiary/aromatic N) is 1. The molecule has 2 rings (SSSR count). The molecular formula is C28H50N4O5. The minimum atomic E-state index is -0.882. The van der Waals surface area contributed by atoms with Gasteiger partial charge in [0.1, 0.15) is 23.2 Å². The smallest absolute Gasteiger partial charge is 0.408 e. The summed E-state index contributed by atoms with van der Waals surface area (Å²) in [7, 11) is 0. The minimum Gasteiger partial charge on any atom is -0.444 e. The third-order valence-electron chi connectivity index (χ3n) is 6.75. The van der Waals surface area contributed by atoms with Gasteiger partial charge in [-0.2, -0.15) is 0 Å². The van der Waals surface area contributed by atoms with Crippen LogP contribution in [0.3, 0.4) is 0 Å². The van der Waals surface area contributed by atoms with Gasteiger partial charge in [-0.1, -0.05) is 59.8 Å². The van der Waals surface area contributed by atoms with E-state index in [2.05, 4.69) is 22.9 Å². The molecule has 9 heteroatoms. The number of ether oxygens (including phenoxy) is 1. The maximum absolute atomic E-state index is 13.6. The van der Waals surface area contributed by atoms with Crippen molar-refractivity contribution in [3.63, 3.8) is 0 Å². The molecule has 1 aliphatic heterocycles.